The molecule has 2 bridgehead atoms. The molecule has 0 radical (unpaired) electrons. The predicted molar refractivity (Wildman–Crippen MR) is 60.7 cm³/mol. The Kier molecular flexibility index (Phi) is 2.12. The Morgan fingerprint density at radius 1 is 0.875 bits per heavy atom. The average molecular weight is 220 g/mol. The number of hydrogen-bond acceptors (Lipinski definition) is 1. The Morgan fingerprint density at radius 2 is 1.38 bits per heavy atom. The van der Waals surface area contributed by atoms with Crippen LogP contribution in [-0.4, -0.2) is 10.7 Å². The van der Waals surface area contributed by atoms with E-state index in [-0.39, 0.29) is 16.8 Å². The average Bonchev–Trinajstić information content (AvgIpc) is 2.31. The van der Waals surface area contributed by atoms with Gasteiger partial charge in [-0.25, -0.2) is 4.39 Å². The van der Waals surface area contributed by atoms with Gasteiger partial charge in [0.2, 0.25) is 0 Å². The number of aliphatic hydroxyl groups is 1. The summed E-state index contributed by atoms with van der Waals surface area (Å²) in [5.41, 5.74) is 1.09. The molecular formula is C14H17FO. The molecule has 2 heteroatoms. The van der Waals surface area contributed by atoms with Crippen molar-refractivity contribution in [3.8, 4) is 0 Å². The molecular weight excluding hydrogens is 203 g/mol. The van der Waals surface area contributed by atoms with E-state index in [9.17, 15) is 9.50 Å². The van der Waals surface area contributed by atoms with Crippen LogP contribution in [0.4, 0.5) is 4.39 Å². The fourth-order valence-corrected chi connectivity index (χ4v) is 3.40. The Bertz CT molecular complexity index is 371. The van der Waals surface area contributed by atoms with Gasteiger partial charge < -0.3 is 5.11 Å². The van der Waals surface area contributed by atoms with Gasteiger partial charge in [-0.15, -0.1) is 0 Å². The minimum absolute atomic E-state index is 0.164. The van der Waals surface area contributed by atoms with Crippen molar-refractivity contribution in [2.75, 3.05) is 0 Å². The lowest BCUT2D eigenvalue weighted by molar-refractivity contribution is -0.0660. The van der Waals surface area contributed by atoms with Crippen molar-refractivity contribution < 1.29 is 9.50 Å². The molecule has 0 spiro atoms. The topological polar surface area (TPSA) is 20.2 Å². The highest BCUT2D eigenvalue weighted by Crippen LogP contribution is 2.53. The van der Waals surface area contributed by atoms with Crippen LogP contribution >= 0.6 is 0 Å². The van der Waals surface area contributed by atoms with Crippen molar-refractivity contribution in [3.05, 3.63) is 35.6 Å². The van der Waals surface area contributed by atoms with Crippen LogP contribution in [0.25, 0.3) is 0 Å². The van der Waals surface area contributed by atoms with Gasteiger partial charge in [-0.2, -0.15) is 0 Å². The number of benzene rings is 1. The van der Waals surface area contributed by atoms with E-state index in [0.29, 0.717) is 0 Å². The number of rotatable bonds is 1. The summed E-state index contributed by atoms with van der Waals surface area (Å²) >= 11 is 0. The maximum Gasteiger partial charge on any atom is 0.123 e. The predicted octanol–water partition coefficient (Wildman–Crippen LogP) is 3.16. The molecule has 1 nitrogen and oxygen atoms in total. The van der Waals surface area contributed by atoms with E-state index in [0.717, 1.165) is 38.5 Å². The normalized spacial score (nSPS) is 37.6. The molecule has 0 unspecified atom stereocenters. The van der Waals surface area contributed by atoms with E-state index in [1.807, 2.05) is 12.1 Å². The van der Waals surface area contributed by atoms with E-state index in [1.165, 1.54) is 5.56 Å². The maximum absolute atomic E-state index is 12.9. The first-order valence-corrected chi connectivity index (χ1v) is 6.11. The molecule has 1 aromatic rings. The fourth-order valence-electron chi connectivity index (χ4n) is 3.40. The van der Waals surface area contributed by atoms with Gasteiger partial charge in [-0.1, -0.05) is 12.1 Å². The molecule has 86 valence electrons. The van der Waals surface area contributed by atoms with Crippen LogP contribution in [0.3, 0.4) is 0 Å². The summed E-state index contributed by atoms with van der Waals surface area (Å²) in [6, 6.07) is 6.95. The third-order valence-electron chi connectivity index (χ3n) is 4.66. The molecule has 0 aromatic heterocycles. The molecule has 3 aliphatic carbocycles. The van der Waals surface area contributed by atoms with Gasteiger partial charge >= 0.3 is 0 Å². The van der Waals surface area contributed by atoms with Gasteiger partial charge in [0.25, 0.3) is 0 Å². The number of hydrogen-bond donors (Lipinski definition) is 1. The maximum atomic E-state index is 12.9. The summed E-state index contributed by atoms with van der Waals surface area (Å²) in [5.74, 6) is -0.164. The number of halogens is 1. The second kappa shape index (κ2) is 3.30. The monoisotopic (exact) mass is 220 g/mol. The lowest BCUT2D eigenvalue weighted by atomic mass is 9.56. The zero-order valence-corrected chi connectivity index (χ0v) is 9.38. The molecule has 16 heavy (non-hydrogen) atoms. The molecule has 1 aromatic carbocycles. The molecule has 3 saturated carbocycles. The zero-order valence-electron chi connectivity index (χ0n) is 9.38. The first-order valence-electron chi connectivity index (χ1n) is 6.11. The molecule has 0 atom stereocenters. The van der Waals surface area contributed by atoms with E-state index < -0.39 is 0 Å². The molecule has 0 amide bonds. The van der Waals surface area contributed by atoms with Crippen LogP contribution in [0.5, 0.6) is 0 Å². The minimum Gasteiger partial charge on any atom is -0.390 e. The summed E-state index contributed by atoms with van der Waals surface area (Å²) < 4.78 is 12.9. The van der Waals surface area contributed by atoms with Crippen LogP contribution in [0.2, 0.25) is 0 Å². The van der Waals surface area contributed by atoms with Crippen LogP contribution in [0.15, 0.2) is 24.3 Å². The summed E-state index contributed by atoms with van der Waals surface area (Å²) in [4.78, 5) is 0. The molecule has 0 heterocycles. The molecule has 1 N–H and O–H groups in total. The van der Waals surface area contributed by atoms with Crippen LogP contribution in [0, 0.1) is 5.82 Å². The van der Waals surface area contributed by atoms with Crippen LogP contribution in [-0.2, 0) is 5.41 Å². The second-order valence-corrected chi connectivity index (χ2v) is 5.51. The molecule has 0 aliphatic heterocycles. The molecule has 3 fully saturated rings. The largest absolute Gasteiger partial charge is 0.390 e. The van der Waals surface area contributed by atoms with E-state index >= 15 is 0 Å². The summed E-state index contributed by atoms with van der Waals surface area (Å²) in [5, 5.41) is 10.2. The lowest BCUT2D eigenvalue weighted by Crippen LogP contribution is -2.48. The Morgan fingerprint density at radius 3 is 1.88 bits per heavy atom. The molecule has 3 aliphatic rings. The zero-order chi connectivity index (χ0) is 11.2. The Balaban J connectivity index is 1.92. The van der Waals surface area contributed by atoms with Gasteiger partial charge in [-0.3, -0.25) is 0 Å². The third kappa shape index (κ3) is 1.47. The smallest absolute Gasteiger partial charge is 0.123 e. The van der Waals surface area contributed by atoms with Gasteiger partial charge in [-0.05, 0) is 61.6 Å². The Hall–Kier alpha value is -0.890. The first-order chi connectivity index (χ1) is 7.62. The standard InChI is InChI=1S/C14H17FO/c15-12-3-1-11(2-4-12)13-5-8-14(16,9-6-13)10-7-13/h1-4,16H,5-10H2. The van der Waals surface area contributed by atoms with Gasteiger partial charge in [0.05, 0.1) is 5.60 Å². The highest BCUT2D eigenvalue weighted by Gasteiger charge is 2.48. The van der Waals surface area contributed by atoms with E-state index in [1.54, 1.807) is 12.1 Å². The van der Waals surface area contributed by atoms with E-state index in [4.69, 9.17) is 0 Å². The van der Waals surface area contributed by atoms with E-state index in [2.05, 4.69) is 0 Å². The van der Waals surface area contributed by atoms with Crippen molar-refractivity contribution in [2.45, 2.75) is 49.5 Å². The summed E-state index contributed by atoms with van der Waals surface area (Å²) in [7, 11) is 0. The van der Waals surface area contributed by atoms with Crippen LogP contribution in [0.1, 0.15) is 44.1 Å². The first kappa shape index (κ1) is 10.3. The SMILES string of the molecule is OC12CCC(c3ccc(F)cc3)(CC1)CC2. The van der Waals surface area contributed by atoms with Gasteiger partial charge in [0.1, 0.15) is 5.82 Å². The fraction of sp³-hybridized carbons (Fsp3) is 0.571. The summed E-state index contributed by atoms with van der Waals surface area (Å²) in [6.07, 6.45) is 5.87. The van der Waals surface area contributed by atoms with Crippen molar-refractivity contribution in [3.63, 3.8) is 0 Å². The van der Waals surface area contributed by atoms with Crippen molar-refractivity contribution >= 4 is 0 Å². The van der Waals surface area contributed by atoms with Crippen molar-refractivity contribution in [1.29, 1.82) is 0 Å². The van der Waals surface area contributed by atoms with Crippen LogP contribution < -0.4 is 0 Å². The highest BCUT2D eigenvalue weighted by molar-refractivity contribution is 5.29. The molecule has 0 saturated heterocycles. The third-order valence-corrected chi connectivity index (χ3v) is 4.66. The Labute approximate surface area is 95.3 Å². The number of fused-ring (bicyclic) bond motifs is 3. The van der Waals surface area contributed by atoms with Crippen molar-refractivity contribution in [1.82, 2.24) is 0 Å². The van der Waals surface area contributed by atoms with Crippen molar-refractivity contribution in [2.24, 2.45) is 0 Å². The quantitative estimate of drug-likeness (QED) is 0.770. The molecule has 4 rings (SSSR count). The van der Waals surface area contributed by atoms with Gasteiger partial charge in [0.15, 0.2) is 0 Å². The minimum atomic E-state index is -0.387. The lowest BCUT2D eigenvalue weighted by Gasteiger charge is -2.51. The summed E-state index contributed by atoms with van der Waals surface area (Å²) in [6.45, 7) is 0. The second-order valence-electron chi connectivity index (χ2n) is 5.51. The van der Waals surface area contributed by atoms with Gasteiger partial charge in [0, 0.05) is 0 Å². The highest BCUT2D eigenvalue weighted by atomic mass is 19.1.